The summed E-state index contributed by atoms with van der Waals surface area (Å²) in [4.78, 5) is 13.4. The maximum Gasteiger partial charge on any atom is 0.311 e. The number of aliphatic carboxylic acids is 1. The minimum Gasteiger partial charge on any atom is -0.481 e. The number of anilines is 1. The van der Waals surface area contributed by atoms with Crippen LogP contribution in [0.2, 0.25) is 0 Å². The van der Waals surface area contributed by atoms with E-state index in [1.807, 2.05) is 24.0 Å². The van der Waals surface area contributed by atoms with Gasteiger partial charge in [0.2, 0.25) is 0 Å². The zero-order valence-electron chi connectivity index (χ0n) is 11.8. The Bertz CT molecular complexity index is 571. The van der Waals surface area contributed by atoms with Gasteiger partial charge in [-0.1, -0.05) is 22.9 Å². The van der Waals surface area contributed by atoms with Crippen molar-refractivity contribution in [3.05, 3.63) is 28.2 Å². The normalized spacial score (nSPS) is 21.0. The summed E-state index contributed by atoms with van der Waals surface area (Å²) in [6, 6.07) is 7.35. The molecule has 1 saturated heterocycles. The molecule has 0 aromatic heterocycles. The van der Waals surface area contributed by atoms with Gasteiger partial charge >= 0.3 is 5.97 Å². The van der Waals surface area contributed by atoms with Gasteiger partial charge < -0.3 is 14.7 Å². The van der Waals surface area contributed by atoms with Gasteiger partial charge in [-0.2, -0.15) is 5.26 Å². The second-order valence-electron chi connectivity index (χ2n) is 5.02. The van der Waals surface area contributed by atoms with Gasteiger partial charge in [-0.05, 0) is 24.6 Å². The van der Waals surface area contributed by atoms with Crippen LogP contribution in [0.15, 0.2) is 22.7 Å². The van der Waals surface area contributed by atoms with Crippen molar-refractivity contribution in [2.24, 2.45) is 5.92 Å². The number of benzene rings is 1. The second kappa shape index (κ2) is 6.92. The molecule has 5 nitrogen and oxygen atoms in total. The first kappa shape index (κ1) is 15.8. The summed E-state index contributed by atoms with van der Waals surface area (Å²) in [6.45, 7) is 3.30. The average molecular weight is 353 g/mol. The van der Waals surface area contributed by atoms with Crippen molar-refractivity contribution in [1.29, 1.82) is 5.26 Å². The number of nitrogens with zero attached hydrogens (tertiary/aromatic N) is 2. The number of hydrogen-bond acceptors (Lipinski definition) is 4. The Morgan fingerprint density at radius 3 is 2.95 bits per heavy atom. The maximum absolute atomic E-state index is 11.4. The molecule has 0 aliphatic carbocycles. The molecule has 1 aromatic rings. The first-order chi connectivity index (χ1) is 10.1. The average Bonchev–Trinajstić information content (AvgIpc) is 2.94. The van der Waals surface area contributed by atoms with Gasteiger partial charge in [-0.3, -0.25) is 4.79 Å². The molecule has 1 aromatic carbocycles. The van der Waals surface area contributed by atoms with E-state index in [9.17, 15) is 15.2 Å². The van der Waals surface area contributed by atoms with Gasteiger partial charge in [-0.15, -0.1) is 0 Å². The Morgan fingerprint density at radius 2 is 2.33 bits per heavy atom. The first-order valence-electron chi connectivity index (χ1n) is 6.85. The van der Waals surface area contributed by atoms with Gasteiger partial charge in [0.25, 0.3) is 0 Å². The number of carboxylic acid groups (broad SMARTS) is 1. The van der Waals surface area contributed by atoms with Gasteiger partial charge in [0, 0.05) is 11.0 Å². The molecule has 0 radical (unpaired) electrons. The monoisotopic (exact) mass is 352 g/mol. The molecule has 1 aliphatic rings. The lowest BCUT2D eigenvalue weighted by atomic mass is 10.00. The highest BCUT2D eigenvalue weighted by Gasteiger charge is 2.38. The lowest BCUT2D eigenvalue weighted by molar-refractivity contribution is -0.141. The third-order valence-electron chi connectivity index (χ3n) is 3.62. The van der Waals surface area contributed by atoms with Crippen LogP contribution in [0.25, 0.3) is 0 Å². The van der Waals surface area contributed by atoms with Crippen LogP contribution in [0.5, 0.6) is 0 Å². The lowest BCUT2D eigenvalue weighted by Gasteiger charge is -2.33. The summed E-state index contributed by atoms with van der Waals surface area (Å²) in [5, 5.41) is 18.7. The third-order valence-corrected chi connectivity index (χ3v) is 4.12. The van der Waals surface area contributed by atoms with Crippen LogP contribution in [0, 0.1) is 17.2 Å². The van der Waals surface area contributed by atoms with Crippen molar-refractivity contribution in [1.82, 2.24) is 0 Å². The number of carbonyl (C=O) groups is 1. The highest BCUT2D eigenvalue weighted by molar-refractivity contribution is 9.10. The molecule has 1 N–H and O–H groups in total. The minimum absolute atomic E-state index is 0.218. The van der Waals surface area contributed by atoms with Gasteiger partial charge in [0.05, 0.1) is 30.5 Å². The van der Waals surface area contributed by atoms with Crippen LogP contribution in [0.4, 0.5) is 5.69 Å². The van der Waals surface area contributed by atoms with E-state index in [0.29, 0.717) is 18.7 Å². The third kappa shape index (κ3) is 3.36. The molecule has 0 bridgehead atoms. The van der Waals surface area contributed by atoms with Crippen molar-refractivity contribution < 1.29 is 14.6 Å². The molecular weight excluding hydrogens is 336 g/mol. The van der Waals surface area contributed by atoms with Crippen LogP contribution in [0.3, 0.4) is 0 Å². The Labute approximate surface area is 132 Å². The van der Waals surface area contributed by atoms with Crippen LogP contribution in [0.1, 0.15) is 18.9 Å². The summed E-state index contributed by atoms with van der Waals surface area (Å²) >= 11 is 3.41. The molecule has 6 heteroatoms. The Balaban J connectivity index is 2.42. The van der Waals surface area contributed by atoms with Crippen LogP contribution < -0.4 is 4.90 Å². The quantitative estimate of drug-likeness (QED) is 0.881. The molecule has 2 rings (SSSR count). The van der Waals surface area contributed by atoms with E-state index in [2.05, 4.69) is 22.0 Å². The molecule has 2 atom stereocenters. The van der Waals surface area contributed by atoms with E-state index in [1.165, 1.54) is 0 Å². The Kier molecular flexibility index (Phi) is 5.21. The fourth-order valence-corrected chi connectivity index (χ4v) is 2.98. The standard InChI is InChI=1S/C15H17BrN2O3/c1-2-5-18(14-9-21-8-12(14)15(19)20)13-6-11(16)4-3-10(13)7-17/h3-4,6,12,14H,2,5,8-9H2,1H3,(H,19,20). The van der Waals surface area contributed by atoms with Crippen LogP contribution >= 0.6 is 15.9 Å². The molecule has 1 fully saturated rings. The fourth-order valence-electron chi connectivity index (χ4n) is 2.63. The molecule has 0 amide bonds. The molecule has 112 valence electrons. The molecule has 0 spiro atoms. The van der Waals surface area contributed by atoms with Crippen LogP contribution in [-0.4, -0.2) is 36.9 Å². The molecule has 21 heavy (non-hydrogen) atoms. The highest BCUT2D eigenvalue weighted by Crippen LogP contribution is 2.31. The number of rotatable bonds is 5. The molecule has 1 aliphatic heterocycles. The summed E-state index contributed by atoms with van der Waals surface area (Å²) in [7, 11) is 0. The summed E-state index contributed by atoms with van der Waals surface area (Å²) < 4.78 is 6.23. The first-order valence-corrected chi connectivity index (χ1v) is 7.64. The van der Waals surface area contributed by atoms with E-state index in [-0.39, 0.29) is 12.6 Å². The predicted molar refractivity (Wildman–Crippen MR) is 82.2 cm³/mol. The molecule has 0 saturated carbocycles. The van der Waals surface area contributed by atoms with Crippen molar-refractivity contribution in [2.45, 2.75) is 19.4 Å². The second-order valence-corrected chi connectivity index (χ2v) is 5.93. The van der Waals surface area contributed by atoms with Crippen molar-refractivity contribution in [3.8, 4) is 6.07 Å². The topological polar surface area (TPSA) is 73.6 Å². The van der Waals surface area contributed by atoms with E-state index < -0.39 is 11.9 Å². The van der Waals surface area contributed by atoms with Gasteiger partial charge in [0.15, 0.2) is 0 Å². The fraction of sp³-hybridized carbons (Fsp3) is 0.467. The van der Waals surface area contributed by atoms with Gasteiger partial charge in [0.1, 0.15) is 12.0 Å². The SMILES string of the molecule is CCCN(c1cc(Br)ccc1C#N)C1COCC1C(=O)O. The number of ether oxygens (including phenoxy) is 1. The van der Waals surface area contributed by atoms with Crippen molar-refractivity contribution in [3.63, 3.8) is 0 Å². The zero-order chi connectivity index (χ0) is 15.4. The van der Waals surface area contributed by atoms with E-state index in [4.69, 9.17) is 4.74 Å². The predicted octanol–water partition coefficient (Wildman–Crippen LogP) is 2.64. The Morgan fingerprint density at radius 1 is 1.57 bits per heavy atom. The summed E-state index contributed by atoms with van der Waals surface area (Å²) in [6.07, 6.45) is 0.861. The summed E-state index contributed by atoms with van der Waals surface area (Å²) in [5.41, 5.74) is 1.30. The zero-order valence-corrected chi connectivity index (χ0v) is 13.3. The largest absolute Gasteiger partial charge is 0.481 e. The van der Waals surface area contributed by atoms with Crippen LogP contribution in [-0.2, 0) is 9.53 Å². The van der Waals surface area contributed by atoms with E-state index >= 15 is 0 Å². The summed E-state index contributed by atoms with van der Waals surface area (Å²) in [5.74, 6) is -1.42. The lowest BCUT2D eigenvalue weighted by Crippen LogP contribution is -2.44. The van der Waals surface area contributed by atoms with E-state index in [1.54, 1.807) is 6.07 Å². The number of halogens is 1. The molecule has 1 heterocycles. The molecule has 2 unspecified atom stereocenters. The molecular formula is C15H17BrN2O3. The van der Waals surface area contributed by atoms with Crippen molar-refractivity contribution >= 4 is 27.6 Å². The minimum atomic E-state index is -0.855. The highest BCUT2D eigenvalue weighted by atomic mass is 79.9. The van der Waals surface area contributed by atoms with E-state index in [0.717, 1.165) is 16.6 Å². The number of hydrogen-bond donors (Lipinski definition) is 1. The maximum atomic E-state index is 11.4. The number of carboxylic acids is 1. The smallest absolute Gasteiger partial charge is 0.311 e. The Hall–Kier alpha value is -1.58. The van der Waals surface area contributed by atoms with Crippen molar-refractivity contribution in [2.75, 3.05) is 24.7 Å². The van der Waals surface area contributed by atoms with Gasteiger partial charge in [-0.25, -0.2) is 0 Å². The number of nitriles is 1.